The van der Waals surface area contributed by atoms with Crippen LogP contribution in [0.3, 0.4) is 0 Å². The van der Waals surface area contributed by atoms with E-state index in [1.165, 1.54) is 7.11 Å². The van der Waals surface area contributed by atoms with Crippen LogP contribution in [0.25, 0.3) is 0 Å². The standard InChI is InChI=1S/C7H11ClO3/c1-10-7(9)6(8)5-2-3-11-4-5/h5-6H,2-4H2,1H3/t5-,6+/m0/s1. The Morgan fingerprint density at radius 3 is 3.00 bits per heavy atom. The van der Waals surface area contributed by atoms with E-state index >= 15 is 0 Å². The van der Waals surface area contributed by atoms with E-state index in [1.807, 2.05) is 0 Å². The van der Waals surface area contributed by atoms with Crippen LogP contribution in [0.5, 0.6) is 0 Å². The van der Waals surface area contributed by atoms with E-state index in [1.54, 1.807) is 0 Å². The molecule has 0 aromatic rings. The summed E-state index contributed by atoms with van der Waals surface area (Å²) >= 11 is 5.78. The molecule has 1 heterocycles. The quantitative estimate of drug-likeness (QED) is 0.464. The lowest BCUT2D eigenvalue weighted by atomic mass is 10.1. The van der Waals surface area contributed by atoms with E-state index in [9.17, 15) is 4.79 Å². The van der Waals surface area contributed by atoms with Crippen molar-refractivity contribution in [1.29, 1.82) is 0 Å². The van der Waals surface area contributed by atoms with E-state index in [-0.39, 0.29) is 11.9 Å². The van der Waals surface area contributed by atoms with E-state index in [0.717, 1.165) is 6.42 Å². The van der Waals surface area contributed by atoms with Crippen LogP contribution in [0.1, 0.15) is 6.42 Å². The summed E-state index contributed by atoms with van der Waals surface area (Å²) in [5.74, 6) is -0.230. The van der Waals surface area contributed by atoms with Gasteiger partial charge in [-0.25, -0.2) is 0 Å². The van der Waals surface area contributed by atoms with Crippen LogP contribution in [0.2, 0.25) is 0 Å². The van der Waals surface area contributed by atoms with Crippen molar-refractivity contribution in [2.45, 2.75) is 11.8 Å². The summed E-state index contributed by atoms with van der Waals surface area (Å²) in [4.78, 5) is 10.9. The van der Waals surface area contributed by atoms with Crippen LogP contribution in [0.15, 0.2) is 0 Å². The van der Waals surface area contributed by atoms with E-state index in [0.29, 0.717) is 13.2 Å². The highest BCUT2D eigenvalue weighted by molar-refractivity contribution is 6.30. The second kappa shape index (κ2) is 3.93. The van der Waals surface area contributed by atoms with Gasteiger partial charge in [-0.3, -0.25) is 4.79 Å². The summed E-state index contributed by atoms with van der Waals surface area (Å²) in [5.41, 5.74) is 0. The summed E-state index contributed by atoms with van der Waals surface area (Å²) in [6.45, 7) is 1.27. The van der Waals surface area contributed by atoms with Crippen LogP contribution >= 0.6 is 11.6 Å². The predicted molar refractivity (Wildman–Crippen MR) is 40.6 cm³/mol. The molecule has 0 saturated carbocycles. The number of methoxy groups -OCH3 is 1. The first-order valence-electron chi connectivity index (χ1n) is 3.55. The van der Waals surface area contributed by atoms with Gasteiger partial charge in [-0.2, -0.15) is 0 Å². The molecule has 0 spiro atoms. The number of hydrogen-bond acceptors (Lipinski definition) is 3. The number of carbonyl (C=O) groups excluding carboxylic acids is 1. The molecular formula is C7H11ClO3. The number of halogens is 1. The molecule has 4 heteroatoms. The number of ether oxygens (including phenoxy) is 2. The van der Waals surface area contributed by atoms with Crippen molar-refractivity contribution in [3.63, 3.8) is 0 Å². The lowest BCUT2D eigenvalue weighted by molar-refractivity contribution is -0.141. The van der Waals surface area contributed by atoms with Gasteiger partial charge in [0.15, 0.2) is 0 Å². The zero-order chi connectivity index (χ0) is 8.27. The van der Waals surface area contributed by atoms with Gasteiger partial charge in [-0.1, -0.05) is 0 Å². The van der Waals surface area contributed by atoms with Crippen molar-refractivity contribution in [2.24, 2.45) is 5.92 Å². The normalized spacial score (nSPS) is 26.5. The van der Waals surface area contributed by atoms with Crippen molar-refractivity contribution in [3.8, 4) is 0 Å². The monoisotopic (exact) mass is 178 g/mol. The molecule has 2 atom stereocenters. The molecular weight excluding hydrogens is 168 g/mol. The van der Waals surface area contributed by atoms with E-state index < -0.39 is 5.38 Å². The molecule has 0 aliphatic carbocycles. The second-order valence-electron chi connectivity index (χ2n) is 2.55. The first kappa shape index (κ1) is 8.81. The third kappa shape index (κ3) is 2.07. The molecule has 3 nitrogen and oxygen atoms in total. The Bertz CT molecular complexity index is 143. The van der Waals surface area contributed by atoms with Gasteiger partial charge in [0.05, 0.1) is 13.7 Å². The molecule has 1 fully saturated rings. The first-order valence-corrected chi connectivity index (χ1v) is 3.99. The van der Waals surface area contributed by atoms with Crippen molar-refractivity contribution in [2.75, 3.05) is 20.3 Å². The average molecular weight is 179 g/mol. The summed E-state index contributed by atoms with van der Waals surface area (Å²) in [7, 11) is 1.34. The molecule has 0 unspecified atom stereocenters. The Labute approximate surface area is 70.6 Å². The molecule has 0 aromatic carbocycles. The molecule has 0 aromatic heterocycles. The van der Waals surface area contributed by atoms with Crippen LogP contribution < -0.4 is 0 Å². The molecule has 0 radical (unpaired) electrons. The summed E-state index contributed by atoms with van der Waals surface area (Å²) in [6.07, 6.45) is 0.850. The average Bonchev–Trinajstić information content (AvgIpc) is 2.53. The maximum atomic E-state index is 10.9. The molecule has 11 heavy (non-hydrogen) atoms. The number of hydrogen-bond donors (Lipinski definition) is 0. The highest BCUT2D eigenvalue weighted by atomic mass is 35.5. The third-order valence-corrected chi connectivity index (χ3v) is 2.34. The van der Waals surface area contributed by atoms with Crippen molar-refractivity contribution < 1.29 is 14.3 Å². The SMILES string of the molecule is COC(=O)[C@H](Cl)[C@H]1CCOC1. The predicted octanol–water partition coefficient (Wildman–Crippen LogP) is 0.803. The smallest absolute Gasteiger partial charge is 0.324 e. The zero-order valence-corrected chi connectivity index (χ0v) is 7.13. The van der Waals surface area contributed by atoms with E-state index in [4.69, 9.17) is 16.3 Å². The summed E-state index contributed by atoms with van der Waals surface area (Å²) in [5, 5.41) is -0.539. The molecule has 0 N–H and O–H groups in total. The second-order valence-corrected chi connectivity index (χ2v) is 3.02. The maximum absolute atomic E-state index is 10.9. The fourth-order valence-corrected chi connectivity index (χ4v) is 1.38. The van der Waals surface area contributed by atoms with Gasteiger partial charge < -0.3 is 9.47 Å². The Morgan fingerprint density at radius 2 is 2.55 bits per heavy atom. The molecule has 0 bridgehead atoms. The molecule has 1 aliphatic rings. The van der Waals surface area contributed by atoms with Crippen LogP contribution in [0, 0.1) is 5.92 Å². The fourth-order valence-electron chi connectivity index (χ4n) is 1.09. The third-order valence-electron chi connectivity index (χ3n) is 1.81. The maximum Gasteiger partial charge on any atom is 0.324 e. The largest absolute Gasteiger partial charge is 0.468 e. The number of rotatable bonds is 2. The van der Waals surface area contributed by atoms with Crippen LogP contribution in [0.4, 0.5) is 0 Å². The first-order chi connectivity index (χ1) is 5.25. The van der Waals surface area contributed by atoms with Crippen molar-refractivity contribution in [1.82, 2.24) is 0 Å². The minimum absolute atomic E-state index is 0.129. The minimum Gasteiger partial charge on any atom is -0.468 e. The lowest BCUT2D eigenvalue weighted by Gasteiger charge is -2.11. The number of carbonyl (C=O) groups is 1. The van der Waals surface area contributed by atoms with Gasteiger partial charge in [0.1, 0.15) is 5.38 Å². The highest BCUT2D eigenvalue weighted by Crippen LogP contribution is 2.21. The van der Waals surface area contributed by atoms with Gasteiger partial charge in [0, 0.05) is 12.5 Å². The van der Waals surface area contributed by atoms with Crippen LogP contribution in [-0.2, 0) is 14.3 Å². The summed E-state index contributed by atoms with van der Waals surface area (Å²) < 4.78 is 9.58. The Kier molecular flexibility index (Phi) is 3.15. The van der Waals surface area contributed by atoms with Gasteiger partial charge in [-0.05, 0) is 6.42 Å². The van der Waals surface area contributed by atoms with Crippen molar-refractivity contribution in [3.05, 3.63) is 0 Å². The lowest BCUT2D eigenvalue weighted by Crippen LogP contribution is -2.25. The fraction of sp³-hybridized carbons (Fsp3) is 0.857. The molecule has 64 valence electrons. The zero-order valence-electron chi connectivity index (χ0n) is 6.38. The Morgan fingerprint density at radius 1 is 1.82 bits per heavy atom. The van der Waals surface area contributed by atoms with Crippen molar-refractivity contribution >= 4 is 17.6 Å². The molecule has 1 saturated heterocycles. The topological polar surface area (TPSA) is 35.5 Å². The van der Waals surface area contributed by atoms with Gasteiger partial charge in [0.2, 0.25) is 0 Å². The van der Waals surface area contributed by atoms with Gasteiger partial charge in [0.25, 0.3) is 0 Å². The Hall–Kier alpha value is -0.280. The molecule has 0 amide bonds. The minimum atomic E-state index is -0.539. The van der Waals surface area contributed by atoms with Crippen LogP contribution in [-0.4, -0.2) is 31.7 Å². The number of esters is 1. The Balaban J connectivity index is 2.39. The summed E-state index contributed by atoms with van der Waals surface area (Å²) in [6, 6.07) is 0. The van der Waals surface area contributed by atoms with E-state index in [2.05, 4.69) is 4.74 Å². The van der Waals surface area contributed by atoms with Gasteiger partial charge in [-0.15, -0.1) is 11.6 Å². The number of alkyl halides is 1. The van der Waals surface area contributed by atoms with Gasteiger partial charge >= 0.3 is 5.97 Å². The molecule has 1 rings (SSSR count). The molecule has 1 aliphatic heterocycles. The highest BCUT2D eigenvalue weighted by Gasteiger charge is 2.29.